The number of carbonyl (C=O) groups is 2. The molecule has 0 N–H and O–H groups in total. The first-order valence-corrected chi connectivity index (χ1v) is 7.49. The van der Waals surface area contributed by atoms with Gasteiger partial charge in [-0.05, 0) is 5.56 Å². The molecule has 0 atom stereocenters. The number of halogens is 1. The first kappa shape index (κ1) is 13.9. The lowest BCUT2D eigenvalue weighted by Crippen LogP contribution is -2.04. The van der Waals surface area contributed by atoms with Crippen LogP contribution in [0.15, 0.2) is 54.6 Å². The average molecular weight is 364 g/mol. The number of carbonyl (C=O) groups excluding carboxylic acids is 2. The van der Waals surface area contributed by atoms with Gasteiger partial charge in [0.05, 0.1) is 4.43 Å². The largest absolute Gasteiger partial charge is 0.298 e. The Morgan fingerprint density at radius 3 is 2.00 bits per heavy atom. The normalized spacial score (nSPS) is 10.2. The average Bonchev–Trinajstić information content (AvgIpc) is 2.48. The number of alkyl halides is 1. The summed E-state index contributed by atoms with van der Waals surface area (Å²) in [6.45, 7) is 0. The lowest BCUT2D eigenvalue weighted by atomic mass is 10.0. The van der Waals surface area contributed by atoms with Crippen molar-refractivity contribution in [1.29, 1.82) is 0 Å². The zero-order chi connectivity index (χ0) is 13.7. The van der Waals surface area contributed by atoms with Crippen LogP contribution in [0.1, 0.15) is 21.5 Å². The smallest absolute Gasteiger partial charge is 0.193 e. The first-order valence-electron chi connectivity index (χ1n) is 5.97. The molecular weight excluding hydrogens is 351 g/mol. The second kappa shape index (κ2) is 6.61. The molecule has 96 valence electrons. The lowest BCUT2D eigenvalue weighted by Gasteiger charge is -2.03. The van der Waals surface area contributed by atoms with Crippen LogP contribution < -0.4 is 0 Å². The van der Waals surface area contributed by atoms with Crippen LogP contribution in [-0.2, 0) is 11.2 Å². The van der Waals surface area contributed by atoms with E-state index >= 15 is 0 Å². The zero-order valence-corrected chi connectivity index (χ0v) is 12.5. The third-order valence-corrected chi connectivity index (χ3v) is 3.65. The van der Waals surface area contributed by atoms with Crippen LogP contribution in [-0.4, -0.2) is 16.0 Å². The molecule has 2 aromatic carbocycles. The summed E-state index contributed by atoms with van der Waals surface area (Å²) in [5, 5.41) is 0. The van der Waals surface area contributed by atoms with Gasteiger partial charge in [-0.2, -0.15) is 0 Å². The molecule has 0 aliphatic rings. The Bertz CT molecular complexity index is 573. The molecule has 0 aromatic heterocycles. The van der Waals surface area contributed by atoms with E-state index in [0.717, 1.165) is 5.56 Å². The van der Waals surface area contributed by atoms with Crippen molar-refractivity contribution in [3.63, 3.8) is 0 Å². The third-order valence-electron chi connectivity index (χ3n) is 2.80. The SMILES string of the molecule is O=C(CI)Cc1ccc(C(=O)c2ccccc2)cc1. The van der Waals surface area contributed by atoms with Gasteiger partial charge in [0.2, 0.25) is 0 Å². The van der Waals surface area contributed by atoms with Crippen LogP contribution in [0.4, 0.5) is 0 Å². The highest BCUT2D eigenvalue weighted by Crippen LogP contribution is 2.11. The molecule has 2 nitrogen and oxygen atoms in total. The summed E-state index contributed by atoms with van der Waals surface area (Å²) >= 11 is 2.06. The van der Waals surface area contributed by atoms with Gasteiger partial charge >= 0.3 is 0 Å². The van der Waals surface area contributed by atoms with Crippen LogP contribution in [0.25, 0.3) is 0 Å². The number of hydrogen-bond donors (Lipinski definition) is 0. The number of benzene rings is 2. The molecule has 0 unspecified atom stereocenters. The molecule has 2 rings (SSSR count). The minimum Gasteiger partial charge on any atom is -0.298 e. The molecule has 2 aromatic rings. The quantitative estimate of drug-likeness (QED) is 0.463. The zero-order valence-electron chi connectivity index (χ0n) is 10.3. The lowest BCUT2D eigenvalue weighted by molar-refractivity contribution is -0.115. The number of ketones is 2. The summed E-state index contributed by atoms with van der Waals surface area (Å²) < 4.78 is 0.516. The fraction of sp³-hybridized carbons (Fsp3) is 0.125. The fourth-order valence-corrected chi connectivity index (χ4v) is 2.07. The second-order valence-corrected chi connectivity index (χ2v) is 5.00. The van der Waals surface area contributed by atoms with Crippen LogP contribution in [0.2, 0.25) is 0 Å². The van der Waals surface area contributed by atoms with Gasteiger partial charge in [0.15, 0.2) is 5.78 Å². The fourth-order valence-electron chi connectivity index (χ4n) is 1.81. The molecule has 0 aliphatic carbocycles. The highest BCUT2D eigenvalue weighted by Gasteiger charge is 2.08. The van der Waals surface area contributed by atoms with E-state index in [9.17, 15) is 9.59 Å². The molecule has 19 heavy (non-hydrogen) atoms. The van der Waals surface area contributed by atoms with Crippen molar-refractivity contribution in [1.82, 2.24) is 0 Å². The van der Waals surface area contributed by atoms with Crippen molar-refractivity contribution in [3.05, 3.63) is 71.3 Å². The van der Waals surface area contributed by atoms with Gasteiger partial charge in [-0.3, -0.25) is 9.59 Å². The van der Waals surface area contributed by atoms with Crippen molar-refractivity contribution in [2.24, 2.45) is 0 Å². The second-order valence-electron chi connectivity index (χ2n) is 4.24. The van der Waals surface area contributed by atoms with Crippen molar-refractivity contribution in [3.8, 4) is 0 Å². The van der Waals surface area contributed by atoms with Crippen molar-refractivity contribution in [2.75, 3.05) is 4.43 Å². The summed E-state index contributed by atoms with van der Waals surface area (Å²) in [4.78, 5) is 23.5. The van der Waals surface area contributed by atoms with Gasteiger partial charge in [-0.15, -0.1) is 0 Å². The maximum atomic E-state index is 12.2. The minimum absolute atomic E-state index is 0.00682. The number of hydrogen-bond acceptors (Lipinski definition) is 2. The molecule has 0 amide bonds. The highest BCUT2D eigenvalue weighted by atomic mass is 127. The van der Waals surface area contributed by atoms with E-state index in [4.69, 9.17) is 0 Å². The summed E-state index contributed by atoms with van der Waals surface area (Å²) in [5.74, 6) is 0.204. The third kappa shape index (κ3) is 3.73. The molecule has 0 bridgehead atoms. The van der Waals surface area contributed by atoms with E-state index in [1.165, 1.54) is 0 Å². The molecule has 3 heteroatoms. The van der Waals surface area contributed by atoms with Crippen molar-refractivity contribution < 1.29 is 9.59 Å². The molecule has 0 heterocycles. The van der Waals surface area contributed by atoms with Crippen LogP contribution >= 0.6 is 22.6 Å². The first-order chi connectivity index (χ1) is 9.20. The van der Waals surface area contributed by atoms with Crippen LogP contribution in [0, 0.1) is 0 Å². The molecule has 0 radical (unpaired) electrons. The maximum absolute atomic E-state index is 12.2. The van der Waals surface area contributed by atoms with Crippen LogP contribution in [0.3, 0.4) is 0 Å². The molecule has 0 saturated heterocycles. The predicted octanol–water partition coefficient (Wildman–Crippen LogP) is 3.46. The maximum Gasteiger partial charge on any atom is 0.193 e. The van der Waals surface area contributed by atoms with Gasteiger partial charge in [-0.25, -0.2) is 0 Å². The van der Waals surface area contributed by atoms with E-state index in [-0.39, 0.29) is 11.6 Å². The number of rotatable bonds is 5. The van der Waals surface area contributed by atoms with Gasteiger partial charge in [0.25, 0.3) is 0 Å². The highest BCUT2D eigenvalue weighted by molar-refractivity contribution is 14.1. The standard InChI is InChI=1S/C16H13IO2/c17-11-15(18)10-12-6-8-14(9-7-12)16(19)13-4-2-1-3-5-13/h1-9H,10-11H2. The Morgan fingerprint density at radius 1 is 0.842 bits per heavy atom. The van der Waals surface area contributed by atoms with E-state index < -0.39 is 0 Å². The number of Topliss-reactive ketones (excluding diaryl/α,β-unsaturated/α-hetero) is 1. The van der Waals surface area contributed by atoms with Gasteiger partial charge in [-0.1, -0.05) is 77.2 Å². The molecule has 0 fully saturated rings. The Labute approximate surface area is 126 Å². The monoisotopic (exact) mass is 364 g/mol. The summed E-state index contributed by atoms with van der Waals surface area (Å²) in [6, 6.07) is 16.4. The van der Waals surface area contributed by atoms with Gasteiger partial charge < -0.3 is 0 Å². The van der Waals surface area contributed by atoms with Crippen LogP contribution in [0.5, 0.6) is 0 Å². The van der Waals surface area contributed by atoms with E-state index in [1.807, 2.05) is 30.3 Å². The van der Waals surface area contributed by atoms with Crippen molar-refractivity contribution in [2.45, 2.75) is 6.42 Å². The van der Waals surface area contributed by atoms with Gasteiger partial charge in [0, 0.05) is 17.5 Å². The van der Waals surface area contributed by atoms with Gasteiger partial charge in [0.1, 0.15) is 5.78 Å². The molecule has 0 aliphatic heterocycles. The summed E-state index contributed by atoms with van der Waals surface area (Å²) in [7, 11) is 0. The Balaban J connectivity index is 2.15. The molecule has 0 spiro atoms. The summed E-state index contributed by atoms with van der Waals surface area (Å²) in [5.41, 5.74) is 2.28. The Kier molecular flexibility index (Phi) is 4.85. The predicted molar refractivity (Wildman–Crippen MR) is 83.9 cm³/mol. The minimum atomic E-state index is 0.00682. The van der Waals surface area contributed by atoms with E-state index in [2.05, 4.69) is 22.6 Å². The van der Waals surface area contributed by atoms with E-state index in [1.54, 1.807) is 24.3 Å². The van der Waals surface area contributed by atoms with Crippen molar-refractivity contribution >= 4 is 34.2 Å². The molecule has 0 saturated carbocycles. The molecular formula is C16H13IO2. The van der Waals surface area contributed by atoms with E-state index in [0.29, 0.717) is 22.0 Å². The Hall–Kier alpha value is -1.49. The topological polar surface area (TPSA) is 34.1 Å². The summed E-state index contributed by atoms with van der Waals surface area (Å²) in [6.07, 6.45) is 0.433. The Morgan fingerprint density at radius 2 is 1.42 bits per heavy atom.